The van der Waals surface area contributed by atoms with Gasteiger partial charge in [0.2, 0.25) is 0 Å². The summed E-state index contributed by atoms with van der Waals surface area (Å²) in [4.78, 5) is 0. The molecule has 11 heavy (non-hydrogen) atoms. The predicted molar refractivity (Wildman–Crippen MR) is 43.8 cm³/mol. The first-order chi connectivity index (χ1) is 5.24. The van der Waals surface area contributed by atoms with Gasteiger partial charge in [-0.25, -0.2) is 0 Å². The van der Waals surface area contributed by atoms with Gasteiger partial charge in [-0.1, -0.05) is 0 Å². The standard InChI is InChI=1S/C10H14O/c1-2-5-10(11)7-8-3-4-9(10)6-8/h1,8-9,11H,3-7H2. The Morgan fingerprint density at radius 1 is 1.55 bits per heavy atom. The number of hydrogen-bond acceptors (Lipinski definition) is 1. The Labute approximate surface area is 67.8 Å². The summed E-state index contributed by atoms with van der Waals surface area (Å²) in [5.74, 6) is 3.88. The molecule has 0 heterocycles. The van der Waals surface area contributed by atoms with Crippen LogP contribution in [0.2, 0.25) is 0 Å². The van der Waals surface area contributed by atoms with Crippen molar-refractivity contribution in [3.05, 3.63) is 0 Å². The molecule has 2 saturated carbocycles. The van der Waals surface area contributed by atoms with E-state index in [0.29, 0.717) is 12.3 Å². The topological polar surface area (TPSA) is 20.2 Å². The van der Waals surface area contributed by atoms with Crippen molar-refractivity contribution in [1.29, 1.82) is 0 Å². The van der Waals surface area contributed by atoms with Gasteiger partial charge in [-0.15, -0.1) is 12.3 Å². The van der Waals surface area contributed by atoms with E-state index in [2.05, 4.69) is 5.92 Å². The third-order valence-electron chi connectivity index (χ3n) is 3.35. The van der Waals surface area contributed by atoms with Crippen molar-refractivity contribution in [1.82, 2.24) is 0 Å². The van der Waals surface area contributed by atoms with Gasteiger partial charge in [0.25, 0.3) is 0 Å². The fraction of sp³-hybridized carbons (Fsp3) is 0.800. The van der Waals surface area contributed by atoms with Crippen LogP contribution in [0.5, 0.6) is 0 Å². The molecule has 0 radical (unpaired) electrons. The summed E-state index contributed by atoms with van der Waals surface area (Å²) < 4.78 is 0. The Balaban J connectivity index is 2.12. The summed E-state index contributed by atoms with van der Waals surface area (Å²) in [6.45, 7) is 0. The van der Waals surface area contributed by atoms with Gasteiger partial charge in [-0.05, 0) is 37.5 Å². The minimum absolute atomic E-state index is 0.475. The molecule has 3 unspecified atom stereocenters. The highest BCUT2D eigenvalue weighted by atomic mass is 16.3. The van der Waals surface area contributed by atoms with Gasteiger partial charge in [0.05, 0.1) is 5.60 Å². The first-order valence-corrected chi connectivity index (χ1v) is 4.40. The molecule has 2 aliphatic rings. The highest BCUT2D eigenvalue weighted by molar-refractivity contribution is 5.06. The number of terminal acetylenes is 1. The van der Waals surface area contributed by atoms with Crippen LogP contribution in [0.1, 0.15) is 32.1 Å². The second kappa shape index (κ2) is 2.25. The Morgan fingerprint density at radius 3 is 2.82 bits per heavy atom. The van der Waals surface area contributed by atoms with Crippen LogP contribution in [-0.2, 0) is 0 Å². The highest BCUT2D eigenvalue weighted by Gasteiger charge is 2.49. The molecule has 60 valence electrons. The second-order valence-electron chi connectivity index (χ2n) is 4.06. The highest BCUT2D eigenvalue weighted by Crippen LogP contribution is 2.51. The van der Waals surface area contributed by atoms with Gasteiger partial charge in [0, 0.05) is 6.42 Å². The van der Waals surface area contributed by atoms with E-state index in [9.17, 15) is 5.11 Å². The van der Waals surface area contributed by atoms with Crippen molar-refractivity contribution in [2.45, 2.75) is 37.7 Å². The molecule has 3 atom stereocenters. The minimum atomic E-state index is -0.475. The quantitative estimate of drug-likeness (QED) is 0.562. The van der Waals surface area contributed by atoms with Crippen LogP contribution in [0.15, 0.2) is 0 Å². The van der Waals surface area contributed by atoms with Crippen molar-refractivity contribution in [2.24, 2.45) is 11.8 Å². The lowest BCUT2D eigenvalue weighted by Gasteiger charge is -2.30. The third kappa shape index (κ3) is 0.973. The summed E-state index contributed by atoms with van der Waals surface area (Å²) in [5, 5.41) is 10.0. The zero-order valence-corrected chi connectivity index (χ0v) is 6.71. The van der Waals surface area contributed by atoms with Gasteiger partial charge in [-0.2, -0.15) is 0 Å². The maximum absolute atomic E-state index is 10.0. The fourth-order valence-corrected chi connectivity index (χ4v) is 2.81. The molecule has 1 nitrogen and oxygen atoms in total. The molecule has 1 heteroatoms. The largest absolute Gasteiger partial charge is 0.389 e. The van der Waals surface area contributed by atoms with Crippen LogP contribution >= 0.6 is 0 Å². The van der Waals surface area contributed by atoms with Crippen molar-refractivity contribution in [3.8, 4) is 12.3 Å². The minimum Gasteiger partial charge on any atom is -0.389 e. The van der Waals surface area contributed by atoms with E-state index in [-0.39, 0.29) is 0 Å². The maximum Gasteiger partial charge on any atom is 0.0787 e. The fourth-order valence-electron chi connectivity index (χ4n) is 2.81. The number of aliphatic hydroxyl groups is 1. The van der Waals surface area contributed by atoms with E-state index in [4.69, 9.17) is 6.42 Å². The lowest BCUT2D eigenvalue weighted by Crippen LogP contribution is -2.34. The zero-order valence-electron chi connectivity index (χ0n) is 6.71. The number of hydrogen-bond donors (Lipinski definition) is 1. The SMILES string of the molecule is C#CCC1(O)CC2CCC1C2. The summed E-state index contributed by atoms with van der Waals surface area (Å²) in [6, 6.07) is 0. The summed E-state index contributed by atoms with van der Waals surface area (Å²) in [5.41, 5.74) is -0.475. The molecule has 0 aliphatic heterocycles. The van der Waals surface area contributed by atoms with Crippen LogP contribution in [0.4, 0.5) is 0 Å². The lowest BCUT2D eigenvalue weighted by molar-refractivity contribution is -0.00805. The Bertz CT molecular complexity index is 203. The number of rotatable bonds is 1. The average Bonchev–Trinajstić information content (AvgIpc) is 2.45. The molecule has 0 amide bonds. The monoisotopic (exact) mass is 150 g/mol. The van der Waals surface area contributed by atoms with Crippen molar-refractivity contribution < 1.29 is 5.11 Å². The molecule has 0 aromatic heterocycles. The van der Waals surface area contributed by atoms with Gasteiger partial charge in [0.15, 0.2) is 0 Å². The predicted octanol–water partition coefficient (Wildman–Crippen LogP) is 1.56. The molecular weight excluding hydrogens is 136 g/mol. The molecule has 0 saturated heterocycles. The Morgan fingerprint density at radius 2 is 2.36 bits per heavy atom. The molecule has 2 aliphatic carbocycles. The molecule has 2 rings (SSSR count). The Hall–Kier alpha value is -0.480. The van der Waals surface area contributed by atoms with Crippen LogP contribution in [0.3, 0.4) is 0 Å². The zero-order chi connectivity index (χ0) is 7.90. The van der Waals surface area contributed by atoms with E-state index in [1.807, 2.05) is 0 Å². The van der Waals surface area contributed by atoms with Crippen LogP contribution < -0.4 is 0 Å². The van der Waals surface area contributed by atoms with Gasteiger partial charge >= 0.3 is 0 Å². The first-order valence-electron chi connectivity index (χ1n) is 4.40. The molecule has 0 aromatic carbocycles. The molecular formula is C10H14O. The molecule has 1 N–H and O–H groups in total. The molecule has 0 aromatic rings. The van der Waals surface area contributed by atoms with Crippen LogP contribution in [-0.4, -0.2) is 10.7 Å². The van der Waals surface area contributed by atoms with Gasteiger partial charge in [-0.3, -0.25) is 0 Å². The maximum atomic E-state index is 10.0. The first kappa shape index (κ1) is 7.18. The Kier molecular flexibility index (Phi) is 1.47. The second-order valence-corrected chi connectivity index (χ2v) is 4.06. The normalized spacial score (nSPS) is 47.6. The van der Waals surface area contributed by atoms with Gasteiger partial charge in [0.1, 0.15) is 0 Å². The average molecular weight is 150 g/mol. The van der Waals surface area contributed by atoms with Crippen molar-refractivity contribution >= 4 is 0 Å². The third-order valence-corrected chi connectivity index (χ3v) is 3.35. The van der Waals surface area contributed by atoms with E-state index in [1.54, 1.807) is 0 Å². The molecule has 0 spiro atoms. The van der Waals surface area contributed by atoms with Gasteiger partial charge < -0.3 is 5.11 Å². The van der Waals surface area contributed by atoms with Crippen molar-refractivity contribution in [2.75, 3.05) is 0 Å². The molecule has 2 fully saturated rings. The lowest BCUT2D eigenvalue weighted by atomic mass is 9.82. The smallest absolute Gasteiger partial charge is 0.0787 e. The van der Waals surface area contributed by atoms with E-state index >= 15 is 0 Å². The summed E-state index contributed by atoms with van der Waals surface area (Å²) in [6.07, 6.45) is 10.5. The summed E-state index contributed by atoms with van der Waals surface area (Å²) in [7, 11) is 0. The van der Waals surface area contributed by atoms with E-state index < -0.39 is 5.60 Å². The van der Waals surface area contributed by atoms with E-state index in [0.717, 1.165) is 12.3 Å². The van der Waals surface area contributed by atoms with Crippen LogP contribution in [0, 0.1) is 24.2 Å². The van der Waals surface area contributed by atoms with Crippen LogP contribution in [0.25, 0.3) is 0 Å². The molecule has 2 bridgehead atoms. The summed E-state index contributed by atoms with van der Waals surface area (Å²) >= 11 is 0. The van der Waals surface area contributed by atoms with E-state index in [1.165, 1.54) is 19.3 Å². The van der Waals surface area contributed by atoms with Crippen molar-refractivity contribution in [3.63, 3.8) is 0 Å². The number of fused-ring (bicyclic) bond motifs is 2.